The lowest BCUT2D eigenvalue weighted by molar-refractivity contribution is -0.943. The summed E-state index contributed by atoms with van der Waals surface area (Å²) in [6, 6.07) is 0.846. The summed E-state index contributed by atoms with van der Waals surface area (Å²) in [6.45, 7) is 13.3. The summed E-state index contributed by atoms with van der Waals surface area (Å²) >= 11 is 0. The van der Waals surface area contributed by atoms with Gasteiger partial charge in [-0.05, 0) is 99.7 Å². The molecule has 0 bridgehead atoms. The van der Waals surface area contributed by atoms with Crippen molar-refractivity contribution in [3.63, 3.8) is 0 Å². The average molecular weight is 573 g/mol. The number of fused-ring (bicyclic) bond motifs is 5. The van der Waals surface area contributed by atoms with Crippen molar-refractivity contribution in [2.75, 3.05) is 40.3 Å². The number of hydrogen-bond acceptors (Lipinski definition) is 4. The van der Waals surface area contributed by atoms with E-state index in [1.54, 1.807) is 13.8 Å². The number of esters is 2. The van der Waals surface area contributed by atoms with Crippen molar-refractivity contribution in [3.05, 3.63) is 0 Å². The number of hydrogen-bond donors (Lipinski definition) is 0. The standard InChI is InChI=1S/C35H60N2O4/c1-24(38)40-32-21-26-13-14-27-28(35(26,4)23-31(32)37(6)19-11-8-12-20-37)15-16-34(3)29(27)22-30(33(34)41-25(2)39)36(5)17-9-7-10-18-36/h26-33H,7-23H2,1-6H3/q+2/t26-,27+,28+,29+,30+,31+,32-,33+,34-,35-/m0/s1. The molecule has 6 fully saturated rings. The van der Waals surface area contributed by atoms with Crippen LogP contribution in [0.1, 0.15) is 111 Å². The highest BCUT2D eigenvalue weighted by atomic mass is 16.5. The Kier molecular flexibility index (Phi) is 7.87. The smallest absolute Gasteiger partial charge is 0.303 e. The quantitative estimate of drug-likeness (QED) is 0.301. The van der Waals surface area contributed by atoms with Gasteiger partial charge in [0.05, 0.1) is 40.3 Å². The molecule has 2 heterocycles. The van der Waals surface area contributed by atoms with Crippen LogP contribution in [0.4, 0.5) is 0 Å². The summed E-state index contributed by atoms with van der Waals surface area (Å²) in [5.41, 5.74) is 0.377. The second-order valence-electron chi connectivity index (χ2n) is 16.7. The number of quaternary nitrogens is 2. The third-order valence-electron chi connectivity index (χ3n) is 14.5. The predicted octanol–water partition coefficient (Wildman–Crippen LogP) is 6.11. The van der Waals surface area contributed by atoms with Gasteiger partial charge in [0, 0.05) is 32.1 Å². The molecular weight excluding hydrogens is 512 g/mol. The van der Waals surface area contributed by atoms with Gasteiger partial charge in [0.2, 0.25) is 0 Å². The van der Waals surface area contributed by atoms with Gasteiger partial charge in [-0.15, -0.1) is 0 Å². The number of carbonyl (C=O) groups excluding carboxylic acids is 2. The molecule has 10 atom stereocenters. The van der Waals surface area contributed by atoms with E-state index in [4.69, 9.17) is 9.47 Å². The molecule has 2 aliphatic heterocycles. The minimum Gasteiger partial charge on any atom is -0.456 e. The zero-order chi connectivity index (χ0) is 29.2. The molecule has 6 heteroatoms. The third kappa shape index (κ3) is 4.99. The summed E-state index contributed by atoms with van der Waals surface area (Å²) < 4.78 is 14.7. The number of ether oxygens (including phenoxy) is 2. The first-order chi connectivity index (χ1) is 19.4. The zero-order valence-corrected chi connectivity index (χ0v) is 27.2. The summed E-state index contributed by atoms with van der Waals surface area (Å²) in [5.74, 6) is 2.52. The van der Waals surface area contributed by atoms with Crippen molar-refractivity contribution in [3.8, 4) is 0 Å². The number of rotatable bonds is 4. The van der Waals surface area contributed by atoms with Gasteiger partial charge in [0.25, 0.3) is 0 Å². The Morgan fingerprint density at radius 3 is 1.85 bits per heavy atom. The SMILES string of the molecule is CC(=O)O[C@H]1C[C@@H]2CC[C@@H]3[C@@H](CC[C@@]4(C)[C@@H]3C[C@@H]([N+]3(C)CCCCC3)[C@H]4OC(C)=O)[C@@]2(C)C[C@H]1[N+]1(C)CCCCC1. The van der Waals surface area contributed by atoms with E-state index < -0.39 is 0 Å². The Morgan fingerprint density at radius 1 is 0.683 bits per heavy atom. The van der Waals surface area contributed by atoms with Crippen LogP contribution >= 0.6 is 0 Å². The number of carbonyl (C=O) groups is 2. The number of piperidine rings is 2. The van der Waals surface area contributed by atoms with E-state index in [2.05, 4.69) is 27.9 Å². The van der Waals surface area contributed by atoms with E-state index in [9.17, 15) is 9.59 Å². The highest BCUT2D eigenvalue weighted by molar-refractivity contribution is 5.66. The van der Waals surface area contributed by atoms with Gasteiger partial charge in [0.1, 0.15) is 12.1 Å². The van der Waals surface area contributed by atoms with Crippen molar-refractivity contribution in [2.24, 2.45) is 34.5 Å². The monoisotopic (exact) mass is 572 g/mol. The molecule has 0 aromatic carbocycles. The van der Waals surface area contributed by atoms with Gasteiger partial charge in [-0.25, -0.2) is 0 Å². The van der Waals surface area contributed by atoms with Crippen LogP contribution in [0, 0.1) is 34.5 Å². The molecule has 41 heavy (non-hydrogen) atoms. The lowest BCUT2D eigenvalue weighted by atomic mass is 9.44. The van der Waals surface area contributed by atoms with Crippen molar-refractivity contribution in [1.82, 2.24) is 0 Å². The van der Waals surface area contributed by atoms with Crippen LogP contribution in [-0.2, 0) is 19.1 Å². The van der Waals surface area contributed by atoms with Crippen LogP contribution in [0.25, 0.3) is 0 Å². The lowest BCUT2D eigenvalue weighted by Crippen LogP contribution is -2.66. The van der Waals surface area contributed by atoms with E-state index in [1.807, 2.05) is 0 Å². The molecule has 0 aromatic heterocycles. The van der Waals surface area contributed by atoms with Gasteiger partial charge < -0.3 is 18.4 Å². The average Bonchev–Trinajstić information content (AvgIpc) is 3.21. The van der Waals surface area contributed by atoms with Crippen LogP contribution in [0.5, 0.6) is 0 Å². The molecule has 6 rings (SSSR count). The van der Waals surface area contributed by atoms with E-state index in [1.165, 1.54) is 103 Å². The Bertz CT molecular complexity index is 1000. The first-order valence-corrected chi connectivity index (χ1v) is 17.4. The predicted molar refractivity (Wildman–Crippen MR) is 161 cm³/mol. The van der Waals surface area contributed by atoms with Crippen LogP contribution < -0.4 is 0 Å². The molecule has 4 saturated carbocycles. The van der Waals surface area contributed by atoms with E-state index >= 15 is 0 Å². The van der Waals surface area contributed by atoms with Crippen molar-refractivity contribution in [2.45, 2.75) is 135 Å². The van der Waals surface area contributed by atoms with Crippen molar-refractivity contribution in [1.29, 1.82) is 0 Å². The Labute approximate surface area is 250 Å². The molecule has 0 radical (unpaired) electrons. The third-order valence-corrected chi connectivity index (χ3v) is 14.5. The Balaban J connectivity index is 1.31. The van der Waals surface area contributed by atoms with Crippen LogP contribution in [0.15, 0.2) is 0 Å². The summed E-state index contributed by atoms with van der Waals surface area (Å²) in [4.78, 5) is 24.8. The fourth-order valence-electron chi connectivity index (χ4n) is 12.3. The number of nitrogens with zero attached hydrogens (tertiary/aromatic N) is 2. The molecular formula is C35H60N2O4+2. The largest absolute Gasteiger partial charge is 0.456 e. The van der Waals surface area contributed by atoms with Gasteiger partial charge in [-0.2, -0.15) is 0 Å². The normalized spacial score (nSPS) is 46.9. The molecule has 0 aromatic rings. The topological polar surface area (TPSA) is 52.6 Å². The Hall–Kier alpha value is -1.14. The number of likely N-dealkylation sites (tertiary alicyclic amines) is 2. The summed E-state index contributed by atoms with van der Waals surface area (Å²) in [7, 11) is 4.94. The maximum Gasteiger partial charge on any atom is 0.303 e. The van der Waals surface area contributed by atoms with Crippen LogP contribution in [0.3, 0.4) is 0 Å². The second-order valence-corrected chi connectivity index (χ2v) is 16.7. The molecule has 232 valence electrons. The molecule has 4 aliphatic carbocycles. The van der Waals surface area contributed by atoms with Gasteiger partial charge in [0.15, 0.2) is 12.2 Å². The highest BCUT2D eigenvalue weighted by Crippen LogP contribution is 2.68. The molecule has 0 unspecified atom stereocenters. The van der Waals surface area contributed by atoms with Gasteiger partial charge >= 0.3 is 11.9 Å². The van der Waals surface area contributed by atoms with E-state index in [-0.39, 0.29) is 29.6 Å². The summed E-state index contributed by atoms with van der Waals surface area (Å²) in [6.07, 6.45) is 16.4. The zero-order valence-electron chi connectivity index (χ0n) is 27.2. The fraction of sp³-hybridized carbons (Fsp3) is 0.943. The molecule has 0 N–H and O–H groups in total. The number of likely N-dealkylation sites (N-methyl/N-ethyl adjacent to an activating group) is 2. The van der Waals surface area contributed by atoms with Crippen molar-refractivity contribution >= 4 is 11.9 Å². The summed E-state index contributed by atoms with van der Waals surface area (Å²) in [5, 5.41) is 0. The molecule has 2 saturated heterocycles. The van der Waals surface area contributed by atoms with E-state index in [0.717, 1.165) is 21.3 Å². The van der Waals surface area contributed by atoms with Crippen molar-refractivity contribution < 1.29 is 28.0 Å². The van der Waals surface area contributed by atoms with Gasteiger partial charge in [-0.3, -0.25) is 9.59 Å². The molecule has 6 aliphatic rings. The van der Waals surface area contributed by atoms with E-state index in [0.29, 0.717) is 35.3 Å². The maximum atomic E-state index is 12.5. The first kappa shape index (κ1) is 29.9. The minimum atomic E-state index is -0.0998. The highest BCUT2D eigenvalue weighted by Gasteiger charge is 2.68. The Morgan fingerprint density at radius 2 is 1.27 bits per heavy atom. The van der Waals surface area contributed by atoms with Crippen LogP contribution in [0.2, 0.25) is 0 Å². The molecule has 0 spiro atoms. The first-order valence-electron chi connectivity index (χ1n) is 17.4. The molecule has 0 amide bonds. The van der Waals surface area contributed by atoms with Gasteiger partial charge in [-0.1, -0.05) is 13.8 Å². The lowest BCUT2D eigenvalue weighted by Gasteiger charge is -2.63. The molecule has 6 nitrogen and oxygen atoms in total. The second kappa shape index (κ2) is 10.8. The van der Waals surface area contributed by atoms with Crippen LogP contribution in [-0.4, -0.2) is 85.5 Å². The maximum absolute atomic E-state index is 12.5. The fourth-order valence-corrected chi connectivity index (χ4v) is 12.3. The minimum absolute atomic E-state index is 0.0462.